The normalized spacial score (nSPS) is 21.1. The van der Waals surface area contributed by atoms with E-state index in [1.165, 1.54) is 0 Å². The molecule has 146 valence electrons. The Labute approximate surface area is 168 Å². The quantitative estimate of drug-likeness (QED) is 0.770. The Bertz CT molecular complexity index is 898. The van der Waals surface area contributed by atoms with E-state index in [0.29, 0.717) is 35.7 Å². The third-order valence-corrected chi connectivity index (χ3v) is 4.76. The standard InChI is InChI=1S/C20H19N3O4.ClH/c1-12-17(21-9-10-27-12)18(24)22-13-5-4-6-14(11-13)23-19(25)15-7-2-3-8-16(15)20(23)26;/h2-8,11-12,17,21H,9-10H2,1H3,(H,22,24);1H/t12-,17+;/m1./s1. The van der Waals surface area contributed by atoms with E-state index in [1.807, 2.05) is 6.92 Å². The number of benzene rings is 2. The van der Waals surface area contributed by atoms with E-state index in [9.17, 15) is 14.4 Å². The molecule has 0 spiro atoms. The zero-order valence-electron chi connectivity index (χ0n) is 15.2. The van der Waals surface area contributed by atoms with E-state index < -0.39 is 6.04 Å². The van der Waals surface area contributed by atoms with E-state index in [1.54, 1.807) is 48.5 Å². The minimum atomic E-state index is -0.457. The molecule has 2 aliphatic heterocycles. The first-order valence-corrected chi connectivity index (χ1v) is 8.80. The predicted octanol–water partition coefficient (Wildman–Crippen LogP) is 2.22. The fourth-order valence-electron chi connectivity index (χ4n) is 3.39. The van der Waals surface area contributed by atoms with E-state index in [2.05, 4.69) is 10.6 Å². The number of hydrogen-bond donors (Lipinski definition) is 2. The summed E-state index contributed by atoms with van der Waals surface area (Å²) < 4.78 is 5.50. The Morgan fingerprint density at radius 1 is 1.11 bits per heavy atom. The summed E-state index contributed by atoms with van der Waals surface area (Å²) in [6, 6.07) is 13.0. The second-order valence-corrected chi connectivity index (χ2v) is 6.54. The maximum absolute atomic E-state index is 12.6. The van der Waals surface area contributed by atoms with Gasteiger partial charge in [-0.1, -0.05) is 18.2 Å². The average molecular weight is 402 g/mol. The molecular formula is C20H20ClN3O4. The number of amides is 3. The highest BCUT2D eigenvalue weighted by Gasteiger charge is 2.36. The van der Waals surface area contributed by atoms with Gasteiger partial charge >= 0.3 is 0 Å². The minimum Gasteiger partial charge on any atom is -0.375 e. The average Bonchev–Trinajstić information content (AvgIpc) is 2.93. The number of hydrogen-bond acceptors (Lipinski definition) is 5. The highest BCUT2D eigenvalue weighted by Crippen LogP contribution is 2.29. The number of imide groups is 1. The number of fused-ring (bicyclic) bond motifs is 1. The number of nitrogens with zero attached hydrogens (tertiary/aromatic N) is 1. The molecule has 4 rings (SSSR count). The number of rotatable bonds is 3. The van der Waals surface area contributed by atoms with Crippen LogP contribution in [0.2, 0.25) is 0 Å². The number of carbonyl (C=O) groups is 3. The van der Waals surface area contributed by atoms with E-state index >= 15 is 0 Å². The van der Waals surface area contributed by atoms with Crippen molar-refractivity contribution in [3.63, 3.8) is 0 Å². The number of nitrogens with one attached hydrogen (secondary N) is 2. The van der Waals surface area contributed by atoms with Crippen LogP contribution in [0.5, 0.6) is 0 Å². The number of halogens is 1. The second kappa shape index (κ2) is 8.10. The molecule has 2 aromatic rings. The van der Waals surface area contributed by atoms with Crippen molar-refractivity contribution < 1.29 is 19.1 Å². The van der Waals surface area contributed by atoms with Crippen LogP contribution in [-0.2, 0) is 9.53 Å². The van der Waals surface area contributed by atoms with Gasteiger partial charge in [0.05, 0.1) is 29.5 Å². The Hall–Kier alpha value is -2.74. The lowest BCUT2D eigenvalue weighted by atomic mass is 10.1. The first kappa shape index (κ1) is 20.0. The van der Waals surface area contributed by atoms with Gasteiger partial charge < -0.3 is 15.4 Å². The van der Waals surface area contributed by atoms with Crippen LogP contribution in [0.15, 0.2) is 48.5 Å². The van der Waals surface area contributed by atoms with Crippen molar-refractivity contribution in [2.75, 3.05) is 23.4 Å². The molecule has 0 saturated carbocycles. The monoisotopic (exact) mass is 401 g/mol. The van der Waals surface area contributed by atoms with Gasteiger partial charge in [-0.3, -0.25) is 14.4 Å². The minimum absolute atomic E-state index is 0. The topological polar surface area (TPSA) is 87.7 Å². The van der Waals surface area contributed by atoms with Gasteiger partial charge in [0, 0.05) is 12.2 Å². The van der Waals surface area contributed by atoms with Crippen LogP contribution in [0.25, 0.3) is 0 Å². The molecule has 0 bridgehead atoms. The molecule has 8 heteroatoms. The van der Waals surface area contributed by atoms with Crippen LogP contribution >= 0.6 is 12.4 Å². The highest BCUT2D eigenvalue weighted by atomic mass is 35.5. The molecule has 28 heavy (non-hydrogen) atoms. The molecule has 0 unspecified atom stereocenters. The van der Waals surface area contributed by atoms with E-state index in [-0.39, 0.29) is 36.2 Å². The van der Waals surface area contributed by atoms with Gasteiger partial charge in [-0.25, -0.2) is 4.90 Å². The van der Waals surface area contributed by atoms with Crippen molar-refractivity contribution in [2.24, 2.45) is 0 Å². The summed E-state index contributed by atoms with van der Waals surface area (Å²) in [5.41, 5.74) is 1.69. The third-order valence-electron chi connectivity index (χ3n) is 4.76. The van der Waals surface area contributed by atoms with Gasteiger partial charge in [0.15, 0.2) is 0 Å². The van der Waals surface area contributed by atoms with Crippen molar-refractivity contribution in [1.82, 2.24) is 5.32 Å². The number of ether oxygens (including phenoxy) is 1. The lowest BCUT2D eigenvalue weighted by Crippen LogP contribution is -2.53. The molecule has 3 amide bonds. The third kappa shape index (κ3) is 3.52. The molecule has 0 radical (unpaired) electrons. The summed E-state index contributed by atoms with van der Waals surface area (Å²) in [5, 5.41) is 5.95. The van der Waals surface area contributed by atoms with E-state index in [0.717, 1.165) is 4.90 Å². The summed E-state index contributed by atoms with van der Waals surface area (Å²) in [4.78, 5) is 38.9. The zero-order chi connectivity index (χ0) is 19.0. The van der Waals surface area contributed by atoms with Gasteiger partial charge in [-0.05, 0) is 37.3 Å². The first-order chi connectivity index (χ1) is 13.1. The Morgan fingerprint density at radius 3 is 2.43 bits per heavy atom. The first-order valence-electron chi connectivity index (χ1n) is 8.80. The molecule has 2 aromatic carbocycles. The van der Waals surface area contributed by atoms with Crippen molar-refractivity contribution in [1.29, 1.82) is 0 Å². The zero-order valence-corrected chi connectivity index (χ0v) is 16.0. The molecular weight excluding hydrogens is 382 g/mol. The lowest BCUT2D eigenvalue weighted by molar-refractivity contribution is -0.123. The SMILES string of the molecule is C[C@H]1OCCN[C@@H]1C(=O)Nc1cccc(N2C(=O)c3ccccc3C2=O)c1.Cl. The molecule has 2 N–H and O–H groups in total. The predicted molar refractivity (Wildman–Crippen MR) is 107 cm³/mol. The van der Waals surface area contributed by atoms with Crippen LogP contribution < -0.4 is 15.5 Å². The molecule has 7 nitrogen and oxygen atoms in total. The van der Waals surface area contributed by atoms with Crippen LogP contribution in [0.4, 0.5) is 11.4 Å². The number of carbonyl (C=O) groups excluding carboxylic acids is 3. The molecule has 2 atom stereocenters. The fourth-order valence-corrected chi connectivity index (χ4v) is 3.39. The highest BCUT2D eigenvalue weighted by molar-refractivity contribution is 6.34. The van der Waals surface area contributed by atoms with Gasteiger partial charge in [0.2, 0.25) is 5.91 Å². The summed E-state index contributed by atoms with van der Waals surface area (Å²) >= 11 is 0. The van der Waals surface area contributed by atoms with Crippen molar-refractivity contribution >= 4 is 41.5 Å². The molecule has 1 fully saturated rings. The molecule has 2 heterocycles. The van der Waals surface area contributed by atoms with Crippen LogP contribution in [0.3, 0.4) is 0 Å². The number of anilines is 2. The van der Waals surface area contributed by atoms with Crippen molar-refractivity contribution in [2.45, 2.75) is 19.1 Å². The fraction of sp³-hybridized carbons (Fsp3) is 0.250. The summed E-state index contributed by atoms with van der Waals surface area (Å²) in [6.07, 6.45) is -0.238. The summed E-state index contributed by atoms with van der Waals surface area (Å²) in [7, 11) is 0. The molecule has 1 saturated heterocycles. The maximum atomic E-state index is 12.6. The lowest BCUT2D eigenvalue weighted by Gasteiger charge is -2.29. The Kier molecular flexibility index (Phi) is 5.79. The van der Waals surface area contributed by atoms with Crippen LogP contribution in [0, 0.1) is 0 Å². The maximum Gasteiger partial charge on any atom is 0.266 e. The Balaban J connectivity index is 0.00000225. The van der Waals surface area contributed by atoms with Gasteiger partial charge in [0.1, 0.15) is 6.04 Å². The molecule has 0 aliphatic carbocycles. The Morgan fingerprint density at radius 2 is 1.79 bits per heavy atom. The largest absolute Gasteiger partial charge is 0.375 e. The van der Waals surface area contributed by atoms with Crippen LogP contribution in [-0.4, -0.2) is 43.0 Å². The van der Waals surface area contributed by atoms with Gasteiger partial charge in [-0.2, -0.15) is 0 Å². The van der Waals surface area contributed by atoms with Crippen LogP contribution in [0.1, 0.15) is 27.6 Å². The molecule has 2 aliphatic rings. The van der Waals surface area contributed by atoms with Crippen molar-refractivity contribution in [3.05, 3.63) is 59.7 Å². The van der Waals surface area contributed by atoms with Gasteiger partial charge in [-0.15, -0.1) is 12.4 Å². The van der Waals surface area contributed by atoms with Crippen molar-refractivity contribution in [3.8, 4) is 0 Å². The smallest absolute Gasteiger partial charge is 0.266 e. The summed E-state index contributed by atoms with van der Waals surface area (Å²) in [5.74, 6) is -0.952. The molecule has 0 aromatic heterocycles. The van der Waals surface area contributed by atoms with E-state index in [4.69, 9.17) is 4.74 Å². The summed E-state index contributed by atoms with van der Waals surface area (Å²) in [6.45, 7) is 3.02. The van der Waals surface area contributed by atoms with Gasteiger partial charge in [0.25, 0.3) is 11.8 Å². The second-order valence-electron chi connectivity index (χ2n) is 6.54. The number of morpholine rings is 1.